The van der Waals surface area contributed by atoms with Crippen LogP contribution >= 0.6 is 0 Å². The van der Waals surface area contributed by atoms with Crippen molar-refractivity contribution in [2.75, 3.05) is 13.2 Å². The van der Waals surface area contributed by atoms with Crippen molar-refractivity contribution in [3.8, 4) is 0 Å². The Balaban J connectivity index is 1.24. The maximum Gasteiger partial charge on any atom is 0.338 e. The summed E-state index contributed by atoms with van der Waals surface area (Å²) in [6.07, 6.45) is -15.3. The van der Waals surface area contributed by atoms with E-state index in [9.17, 15) is 33.9 Å². The second-order valence-corrected chi connectivity index (χ2v) is 14.4. The number of esters is 6. The van der Waals surface area contributed by atoms with Gasteiger partial charge >= 0.3 is 35.8 Å². The minimum atomic E-state index is -2.04. The third kappa shape index (κ3) is 11.2. The van der Waals surface area contributed by atoms with Crippen LogP contribution in [0.25, 0.3) is 0 Å². The van der Waals surface area contributed by atoms with E-state index in [1.165, 1.54) is 60.7 Å². The molecule has 0 aromatic heterocycles. The number of carbonyl (C=O) groups is 6. The lowest BCUT2D eigenvalue weighted by atomic mass is 9.97. The molecule has 16 nitrogen and oxygen atoms in total. The van der Waals surface area contributed by atoms with Crippen LogP contribution in [0.15, 0.2) is 152 Å². The maximum atomic E-state index is 13.8. The van der Waals surface area contributed by atoms with Gasteiger partial charge in [-0.05, 0) is 60.7 Å². The van der Waals surface area contributed by atoms with Crippen LogP contribution in [0.4, 0.5) is 0 Å². The highest BCUT2D eigenvalue weighted by molar-refractivity contribution is 5.92. The first-order valence-corrected chi connectivity index (χ1v) is 20.1. The standard InChI is InChI=1S/C48H42O16/c1-29(49)58-39-37(61-44(52)32-21-11-4-12-22-32)35(27-56-42(50)30-17-7-2-8-18-30)60-47(55)40(39)64-48-41(63-46(54)34-25-15-6-16-26-34)38(62-45(53)33-23-13-5-14-24-33)36(28-57-48)59-43(51)31-19-9-3-10-20-31/h2-26,35-41,47-48,55H,27-28H2,1H3/t35-,36-,37-,38+,39+,40+,41-,47+,48+/m1/s1. The van der Waals surface area contributed by atoms with Gasteiger partial charge in [0.25, 0.3) is 0 Å². The van der Waals surface area contributed by atoms with Crippen molar-refractivity contribution in [1.29, 1.82) is 0 Å². The molecule has 0 amide bonds. The quantitative estimate of drug-likeness (QED) is 0.113. The minimum absolute atomic E-state index is 0.0670. The van der Waals surface area contributed by atoms with E-state index in [-0.39, 0.29) is 27.8 Å². The van der Waals surface area contributed by atoms with Gasteiger partial charge in [0.1, 0.15) is 12.7 Å². The molecule has 0 bridgehead atoms. The van der Waals surface area contributed by atoms with Crippen LogP contribution in [0.5, 0.6) is 0 Å². The van der Waals surface area contributed by atoms with Crippen molar-refractivity contribution in [2.24, 2.45) is 0 Å². The third-order valence-corrected chi connectivity index (χ3v) is 10.00. The number of hydrogen-bond acceptors (Lipinski definition) is 16. The molecule has 2 fully saturated rings. The lowest BCUT2D eigenvalue weighted by Gasteiger charge is -2.46. The Morgan fingerprint density at radius 2 is 0.875 bits per heavy atom. The van der Waals surface area contributed by atoms with Gasteiger partial charge in [0, 0.05) is 6.92 Å². The molecule has 5 aromatic carbocycles. The molecule has 5 aromatic rings. The summed E-state index contributed by atoms with van der Waals surface area (Å²) in [7, 11) is 0. The monoisotopic (exact) mass is 874 g/mol. The molecule has 2 aliphatic heterocycles. The summed E-state index contributed by atoms with van der Waals surface area (Å²) in [5.41, 5.74) is 0.600. The van der Waals surface area contributed by atoms with Crippen molar-refractivity contribution in [1.82, 2.24) is 0 Å². The van der Waals surface area contributed by atoms with E-state index in [0.29, 0.717) is 0 Å². The number of hydrogen-bond donors (Lipinski definition) is 1. The molecule has 7 rings (SSSR count). The van der Waals surface area contributed by atoms with Gasteiger partial charge in [-0.3, -0.25) is 4.79 Å². The van der Waals surface area contributed by atoms with Gasteiger partial charge in [-0.2, -0.15) is 0 Å². The Bertz CT molecular complexity index is 2360. The fraction of sp³-hybridized carbons (Fsp3) is 0.250. The van der Waals surface area contributed by atoms with Crippen molar-refractivity contribution in [2.45, 2.75) is 62.2 Å². The van der Waals surface area contributed by atoms with E-state index in [0.717, 1.165) is 6.92 Å². The van der Waals surface area contributed by atoms with Crippen molar-refractivity contribution in [3.63, 3.8) is 0 Å². The van der Waals surface area contributed by atoms with Crippen LogP contribution in [-0.2, 0) is 47.4 Å². The largest absolute Gasteiger partial charge is 0.459 e. The normalized spacial score (nSPS) is 23.9. The predicted molar refractivity (Wildman–Crippen MR) is 220 cm³/mol. The Labute approximate surface area is 366 Å². The molecule has 0 aliphatic carbocycles. The number of rotatable bonds is 14. The van der Waals surface area contributed by atoms with E-state index in [1.54, 1.807) is 91.0 Å². The smallest absolute Gasteiger partial charge is 0.338 e. The van der Waals surface area contributed by atoms with E-state index in [4.69, 9.17) is 42.6 Å². The van der Waals surface area contributed by atoms with E-state index in [1.807, 2.05) is 0 Å². The van der Waals surface area contributed by atoms with Crippen LogP contribution in [-0.4, -0.2) is 109 Å². The van der Waals surface area contributed by atoms with Gasteiger partial charge in [0.05, 0.1) is 34.4 Å². The van der Waals surface area contributed by atoms with Crippen LogP contribution in [0, 0.1) is 0 Å². The summed E-state index contributed by atoms with van der Waals surface area (Å²) in [6, 6.07) is 39.4. The Morgan fingerprint density at radius 3 is 1.31 bits per heavy atom. The topological polar surface area (TPSA) is 206 Å². The Kier molecular flexibility index (Phi) is 14.9. The first-order chi connectivity index (χ1) is 31.0. The third-order valence-electron chi connectivity index (χ3n) is 10.00. The molecular weight excluding hydrogens is 833 g/mol. The highest BCUT2D eigenvalue weighted by atomic mass is 16.8. The molecular formula is C48H42O16. The van der Waals surface area contributed by atoms with E-state index >= 15 is 0 Å². The molecule has 2 saturated heterocycles. The Morgan fingerprint density at radius 1 is 0.484 bits per heavy atom. The van der Waals surface area contributed by atoms with Crippen LogP contribution in [0.2, 0.25) is 0 Å². The molecule has 0 radical (unpaired) electrons. The lowest BCUT2D eigenvalue weighted by molar-refractivity contribution is -0.348. The van der Waals surface area contributed by atoms with E-state index in [2.05, 4.69) is 0 Å². The number of carbonyl (C=O) groups excluding carboxylic acids is 6. The molecule has 64 heavy (non-hydrogen) atoms. The predicted octanol–water partition coefficient (Wildman–Crippen LogP) is 5.14. The molecule has 0 unspecified atom stereocenters. The van der Waals surface area contributed by atoms with E-state index < -0.39 is 104 Å². The van der Waals surface area contributed by atoms with Gasteiger partial charge in [-0.15, -0.1) is 0 Å². The van der Waals surface area contributed by atoms with Gasteiger partial charge in [0.15, 0.2) is 49.2 Å². The van der Waals surface area contributed by atoms with Crippen molar-refractivity contribution < 1.29 is 76.5 Å². The SMILES string of the molecule is CC(=O)O[C@@H]1[C@H](O[C@@H]2OC[C@@H](OC(=O)c3ccccc3)[C@H](OC(=O)c3ccccc3)[C@H]2OC(=O)c2ccccc2)[C@@H](O)O[C@H](COC(=O)c2ccccc2)[C@H]1OC(=O)c1ccccc1. The first-order valence-electron chi connectivity index (χ1n) is 20.1. The number of ether oxygens (including phenoxy) is 9. The molecule has 1 N–H and O–H groups in total. The van der Waals surface area contributed by atoms with Crippen molar-refractivity contribution >= 4 is 35.8 Å². The summed E-state index contributed by atoms with van der Waals surface area (Å²) in [5, 5.41) is 11.7. The number of aliphatic hydroxyl groups is 1. The van der Waals surface area contributed by atoms with Crippen LogP contribution < -0.4 is 0 Å². The highest BCUT2D eigenvalue weighted by Crippen LogP contribution is 2.34. The molecule has 330 valence electrons. The molecule has 9 atom stereocenters. The number of benzene rings is 5. The molecule has 2 aliphatic rings. The van der Waals surface area contributed by atoms with Crippen LogP contribution in [0.1, 0.15) is 58.7 Å². The highest BCUT2D eigenvalue weighted by Gasteiger charge is 2.55. The zero-order chi connectivity index (χ0) is 45.0. The zero-order valence-electron chi connectivity index (χ0n) is 34.1. The zero-order valence-corrected chi connectivity index (χ0v) is 34.1. The average Bonchev–Trinajstić information content (AvgIpc) is 3.32. The lowest BCUT2D eigenvalue weighted by Crippen LogP contribution is -2.65. The summed E-state index contributed by atoms with van der Waals surface area (Å²) < 4.78 is 53.3. The average molecular weight is 875 g/mol. The van der Waals surface area contributed by atoms with Gasteiger partial charge in [-0.25, -0.2) is 24.0 Å². The summed E-state index contributed by atoms with van der Waals surface area (Å²) in [4.78, 5) is 80.5. The van der Waals surface area contributed by atoms with Gasteiger partial charge < -0.3 is 47.7 Å². The summed E-state index contributed by atoms with van der Waals surface area (Å²) >= 11 is 0. The number of aliphatic hydroxyl groups excluding tert-OH is 1. The Hall–Kier alpha value is -7.24. The summed E-state index contributed by atoms with van der Waals surface area (Å²) in [5.74, 6) is -5.24. The second-order valence-electron chi connectivity index (χ2n) is 14.4. The minimum Gasteiger partial charge on any atom is -0.459 e. The van der Waals surface area contributed by atoms with Gasteiger partial charge in [0.2, 0.25) is 0 Å². The van der Waals surface area contributed by atoms with Crippen LogP contribution in [0.3, 0.4) is 0 Å². The molecule has 2 heterocycles. The fourth-order valence-corrected chi connectivity index (χ4v) is 6.92. The summed E-state index contributed by atoms with van der Waals surface area (Å²) in [6.45, 7) is -0.0707. The van der Waals surface area contributed by atoms with Gasteiger partial charge in [-0.1, -0.05) is 91.0 Å². The molecule has 0 saturated carbocycles. The molecule has 0 spiro atoms. The fourth-order valence-electron chi connectivity index (χ4n) is 6.92. The molecule has 16 heteroatoms. The first kappa shape index (κ1) is 44.8. The second kappa shape index (κ2) is 21.2. The maximum absolute atomic E-state index is 13.8. The van der Waals surface area contributed by atoms with Crippen molar-refractivity contribution in [3.05, 3.63) is 179 Å².